The van der Waals surface area contributed by atoms with Gasteiger partial charge in [-0.05, 0) is 11.8 Å². The van der Waals surface area contributed by atoms with Gasteiger partial charge in [-0.25, -0.2) is 0 Å². The summed E-state index contributed by atoms with van der Waals surface area (Å²) in [6.45, 7) is 12.3. The first-order valence-electron chi connectivity index (χ1n) is 5.56. The van der Waals surface area contributed by atoms with Crippen molar-refractivity contribution < 1.29 is 4.79 Å². The molecule has 0 radical (unpaired) electrons. The molecule has 0 rings (SSSR count). The molecule has 0 saturated carbocycles. The molecule has 0 aliphatic carbocycles. The molecule has 1 heteroatoms. The van der Waals surface area contributed by atoms with Crippen LogP contribution >= 0.6 is 0 Å². The zero-order chi connectivity index (χ0) is 12.3. The molecular weight excluding hydrogens is 184 g/mol. The molecule has 0 heterocycles. The molecule has 0 aliphatic heterocycles. The molecule has 0 aromatic carbocycles. The summed E-state index contributed by atoms with van der Waals surface area (Å²) < 4.78 is 0. The Morgan fingerprint density at radius 2 is 1.67 bits per heavy atom. The van der Waals surface area contributed by atoms with Crippen molar-refractivity contribution in [3.8, 4) is 12.3 Å². The van der Waals surface area contributed by atoms with Crippen molar-refractivity contribution in [1.82, 2.24) is 0 Å². The van der Waals surface area contributed by atoms with Crippen LogP contribution in [0.5, 0.6) is 0 Å². The molecule has 15 heavy (non-hydrogen) atoms. The van der Waals surface area contributed by atoms with Crippen LogP contribution in [0, 0.1) is 29.1 Å². The molecule has 1 nitrogen and oxygen atoms in total. The molecule has 0 saturated heterocycles. The van der Waals surface area contributed by atoms with E-state index in [-0.39, 0.29) is 22.5 Å². The van der Waals surface area contributed by atoms with Crippen molar-refractivity contribution in [3.63, 3.8) is 0 Å². The lowest BCUT2D eigenvalue weighted by Gasteiger charge is -2.28. The normalized spacial score (nSPS) is 14.5. The van der Waals surface area contributed by atoms with E-state index >= 15 is 0 Å². The molecule has 0 aliphatic rings. The van der Waals surface area contributed by atoms with E-state index in [2.05, 4.69) is 26.7 Å². The van der Waals surface area contributed by atoms with Crippen molar-refractivity contribution in [2.45, 2.75) is 54.4 Å². The minimum atomic E-state index is -0.285. The van der Waals surface area contributed by atoms with Gasteiger partial charge in [-0.2, -0.15) is 0 Å². The molecule has 1 atom stereocenters. The monoisotopic (exact) mass is 208 g/mol. The topological polar surface area (TPSA) is 17.1 Å². The molecule has 0 aromatic rings. The van der Waals surface area contributed by atoms with Gasteiger partial charge in [0.15, 0.2) is 0 Å². The predicted octanol–water partition coefficient (Wildman–Crippen LogP) is 3.68. The van der Waals surface area contributed by atoms with Crippen LogP contribution < -0.4 is 0 Å². The van der Waals surface area contributed by atoms with Gasteiger partial charge in [0, 0.05) is 17.8 Å². The Labute approximate surface area is 94.6 Å². The van der Waals surface area contributed by atoms with Crippen LogP contribution in [-0.2, 0) is 4.79 Å². The summed E-state index contributed by atoms with van der Waals surface area (Å²) in [4.78, 5) is 12.1. The molecule has 0 N–H and O–H groups in total. The average Bonchev–Trinajstić information content (AvgIpc) is 1.98. The van der Waals surface area contributed by atoms with Crippen molar-refractivity contribution in [2.24, 2.45) is 16.7 Å². The van der Waals surface area contributed by atoms with Crippen LogP contribution in [0.25, 0.3) is 0 Å². The molecule has 0 fully saturated rings. The smallest absolute Gasteiger partial charge is 0.142 e. The van der Waals surface area contributed by atoms with Crippen molar-refractivity contribution in [3.05, 3.63) is 0 Å². The van der Waals surface area contributed by atoms with Crippen molar-refractivity contribution in [2.75, 3.05) is 0 Å². The van der Waals surface area contributed by atoms with Crippen LogP contribution in [0.3, 0.4) is 0 Å². The van der Waals surface area contributed by atoms with Gasteiger partial charge in [-0.1, -0.05) is 41.5 Å². The van der Waals surface area contributed by atoms with E-state index in [9.17, 15) is 4.79 Å². The number of terminal acetylenes is 1. The minimum Gasteiger partial charge on any atom is -0.299 e. The number of hydrogen-bond acceptors (Lipinski definition) is 1. The zero-order valence-corrected chi connectivity index (χ0v) is 11.0. The first-order valence-corrected chi connectivity index (χ1v) is 5.56. The van der Waals surface area contributed by atoms with Gasteiger partial charge >= 0.3 is 0 Å². The van der Waals surface area contributed by atoms with E-state index in [1.807, 2.05) is 20.8 Å². The molecule has 86 valence electrons. The minimum absolute atomic E-state index is 0.00926. The third-order valence-electron chi connectivity index (χ3n) is 2.33. The number of Topliss-reactive ketones (excluding diaryl/α,β-unsaturated/α-hetero) is 1. The second-order valence-corrected chi connectivity index (χ2v) is 6.48. The number of rotatable bonds is 3. The van der Waals surface area contributed by atoms with Crippen molar-refractivity contribution in [1.29, 1.82) is 0 Å². The van der Waals surface area contributed by atoms with Crippen molar-refractivity contribution >= 4 is 5.78 Å². The molecule has 0 aromatic heterocycles. The SMILES string of the molecule is C#CCC(CC(C)(C)C)C(=O)C(C)(C)C. The van der Waals surface area contributed by atoms with E-state index in [4.69, 9.17) is 6.42 Å². The molecule has 0 spiro atoms. The van der Waals surface area contributed by atoms with Crippen LogP contribution in [0.4, 0.5) is 0 Å². The Kier molecular flexibility index (Phi) is 4.59. The quantitative estimate of drug-likeness (QED) is 0.647. The maximum Gasteiger partial charge on any atom is 0.142 e. The zero-order valence-electron chi connectivity index (χ0n) is 11.0. The Balaban J connectivity index is 4.70. The molecule has 0 amide bonds. The summed E-state index contributed by atoms with van der Waals surface area (Å²) in [5.74, 6) is 2.92. The maximum absolute atomic E-state index is 12.1. The Morgan fingerprint density at radius 1 is 1.20 bits per heavy atom. The average molecular weight is 208 g/mol. The van der Waals surface area contributed by atoms with E-state index < -0.39 is 0 Å². The fraction of sp³-hybridized carbons (Fsp3) is 0.786. The third kappa shape index (κ3) is 5.62. The first-order chi connectivity index (χ1) is 6.58. The Bertz CT molecular complexity index is 255. The number of hydrogen-bond donors (Lipinski definition) is 0. The summed E-state index contributed by atoms with van der Waals surface area (Å²) in [5, 5.41) is 0. The highest BCUT2D eigenvalue weighted by atomic mass is 16.1. The summed E-state index contributed by atoms with van der Waals surface area (Å²) in [6, 6.07) is 0. The maximum atomic E-state index is 12.1. The van der Waals surface area contributed by atoms with Gasteiger partial charge in [-0.15, -0.1) is 12.3 Å². The van der Waals surface area contributed by atoms with Crippen LogP contribution in [0.2, 0.25) is 0 Å². The van der Waals surface area contributed by atoms with Gasteiger partial charge in [0.2, 0.25) is 0 Å². The summed E-state index contributed by atoms with van der Waals surface area (Å²) in [6.07, 6.45) is 6.76. The highest BCUT2D eigenvalue weighted by Crippen LogP contribution is 2.31. The first kappa shape index (κ1) is 14.2. The fourth-order valence-corrected chi connectivity index (χ4v) is 1.75. The Morgan fingerprint density at radius 3 is 1.93 bits per heavy atom. The van der Waals surface area contributed by atoms with Crippen LogP contribution in [0.1, 0.15) is 54.4 Å². The molecular formula is C14H24O. The van der Waals surface area contributed by atoms with Gasteiger partial charge < -0.3 is 0 Å². The number of ketones is 1. The van der Waals surface area contributed by atoms with Gasteiger partial charge in [0.05, 0.1) is 0 Å². The fourth-order valence-electron chi connectivity index (χ4n) is 1.75. The largest absolute Gasteiger partial charge is 0.299 e. The highest BCUT2D eigenvalue weighted by Gasteiger charge is 2.31. The van der Waals surface area contributed by atoms with Gasteiger partial charge in [-0.3, -0.25) is 4.79 Å². The van der Waals surface area contributed by atoms with E-state index in [1.165, 1.54) is 0 Å². The number of carbonyl (C=O) groups excluding carboxylic acids is 1. The lowest BCUT2D eigenvalue weighted by atomic mass is 9.74. The van der Waals surface area contributed by atoms with E-state index in [0.717, 1.165) is 6.42 Å². The predicted molar refractivity (Wildman–Crippen MR) is 65.5 cm³/mol. The third-order valence-corrected chi connectivity index (χ3v) is 2.33. The second kappa shape index (κ2) is 4.84. The Hall–Kier alpha value is -0.770. The van der Waals surface area contributed by atoms with E-state index in [0.29, 0.717) is 6.42 Å². The van der Waals surface area contributed by atoms with Gasteiger partial charge in [0.1, 0.15) is 5.78 Å². The summed E-state index contributed by atoms with van der Waals surface area (Å²) >= 11 is 0. The highest BCUT2D eigenvalue weighted by molar-refractivity contribution is 5.86. The molecule has 0 bridgehead atoms. The second-order valence-electron chi connectivity index (χ2n) is 6.48. The van der Waals surface area contributed by atoms with E-state index in [1.54, 1.807) is 0 Å². The lowest BCUT2D eigenvalue weighted by molar-refractivity contribution is -0.131. The number of carbonyl (C=O) groups is 1. The molecule has 1 unspecified atom stereocenters. The van der Waals surface area contributed by atoms with Gasteiger partial charge in [0.25, 0.3) is 0 Å². The summed E-state index contributed by atoms with van der Waals surface area (Å²) in [7, 11) is 0. The van der Waals surface area contributed by atoms with Crippen LogP contribution in [-0.4, -0.2) is 5.78 Å². The lowest BCUT2D eigenvalue weighted by Crippen LogP contribution is -2.30. The summed E-state index contributed by atoms with van der Waals surface area (Å²) in [5.41, 5.74) is -0.130. The standard InChI is InChI=1S/C14H24O/c1-8-9-11(10-13(2,3)4)12(15)14(5,6)7/h1,11H,9-10H2,2-7H3. The van der Waals surface area contributed by atoms with Crippen LogP contribution in [0.15, 0.2) is 0 Å².